The van der Waals surface area contributed by atoms with E-state index in [0.29, 0.717) is 24.1 Å². The molecule has 3 N–H and O–H groups in total. The standard InChI is InChI=1S/C13H19NO3/c1-9(15)10-4-3-5-11(8-10)13(17)12(16)6-7-14-2/h3-5,8,12-14,16-17H,6-7H2,1-2H3. The number of hydrogen-bond acceptors (Lipinski definition) is 4. The smallest absolute Gasteiger partial charge is 0.159 e. The highest BCUT2D eigenvalue weighted by atomic mass is 16.3. The van der Waals surface area contributed by atoms with Crippen LogP contribution in [0, 0.1) is 0 Å². The first-order valence-electron chi connectivity index (χ1n) is 5.68. The molecule has 0 bridgehead atoms. The minimum atomic E-state index is -0.956. The van der Waals surface area contributed by atoms with Gasteiger partial charge in [0.15, 0.2) is 5.78 Å². The van der Waals surface area contributed by atoms with E-state index in [-0.39, 0.29) is 5.78 Å². The van der Waals surface area contributed by atoms with Gasteiger partial charge in [0.1, 0.15) is 6.10 Å². The van der Waals surface area contributed by atoms with E-state index in [9.17, 15) is 15.0 Å². The van der Waals surface area contributed by atoms with Gasteiger partial charge in [-0.15, -0.1) is 0 Å². The Labute approximate surface area is 101 Å². The fraction of sp³-hybridized carbons (Fsp3) is 0.462. The first kappa shape index (κ1) is 13.8. The summed E-state index contributed by atoms with van der Waals surface area (Å²) in [5.74, 6) is -0.0521. The topological polar surface area (TPSA) is 69.6 Å². The summed E-state index contributed by atoms with van der Waals surface area (Å²) in [6.45, 7) is 2.10. The van der Waals surface area contributed by atoms with Crippen LogP contribution < -0.4 is 5.32 Å². The molecule has 1 aromatic carbocycles. The number of carbonyl (C=O) groups is 1. The SMILES string of the molecule is CNCCC(O)C(O)c1cccc(C(C)=O)c1. The number of benzene rings is 1. The van der Waals surface area contributed by atoms with E-state index >= 15 is 0 Å². The molecular formula is C13H19NO3. The molecule has 4 nitrogen and oxygen atoms in total. The van der Waals surface area contributed by atoms with Crippen molar-refractivity contribution in [3.63, 3.8) is 0 Å². The Morgan fingerprint density at radius 1 is 1.41 bits per heavy atom. The molecule has 0 amide bonds. The molecule has 0 saturated carbocycles. The highest BCUT2D eigenvalue weighted by Crippen LogP contribution is 2.20. The monoisotopic (exact) mass is 237 g/mol. The number of nitrogens with one attached hydrogen (secondary N) is 1. The Morgan fingerprint density at radius 3 is 2.71 bits per heavy atom. The molecule has 94 valence electrons. The van der Waals surface area contributed by atoms with E-state index in [1.807, 2.05) is 0 Å². The summed E-state index contributed by atoms with van der Waals surface area (Å²) in [7, 11) is 1.79. The summed E-state index contributed by atoms with van der Waals surface area (Å²) in [6.07, 6.45) is -1.32. The third kappa shape index (κ3) is 3.93. The van der Waals surface area contributed by atoms with Crippen molar-refractivity contribution in [1.29, 1.82) is 0 Å². The molecule has 0 aliphatic heterocycles. The van der Waals surface area contributed by atoms with Gasteiger partial charge >= 0.3 is 0 Å². The molecule has 0 aromatic heterocycles. The fourth-order valence-corrected chi connectivity index (χ4v) is 1.61. The van der Waals surface area contributed by atoms with Crippen LogP contribution in [0.25, 0.3) is 0 Å². The van der Waals surface area contributed by atoms with Crippen LogP contribution in [0.3, 0.4) is 0 Å². The molecule has 2 unspecified atom stereocenters. The first-order chi connectivity index (χ1) is 8.06. The van der Waals surface area contributed by atoms with Crippen molar-refractivity contribution in [2.24, 2.45) is 0 Å². The highest BCUT2D eigenvalue weighted by Gasteiger charge is 2.18. The fourth-order valence-electron chi connectivity index (χ4n) is 1.61. The van der Waals surface area contributed by atoms with Gasteiger partial charge in [-0.05, 0) is 38.6 Å². The number of rotatable bonds is 6. The summed E-state index contributed by atoms with van der Waals surface area (Å²) in [5.41, 5.74) is 1.11. The number of ketones is 1. The van der Waals surface area contributed by atoms with Crippen LogP contribution in [-0.2, 0) is 0 Å². The van der Waals surface area contributed by atoms with Crippen LogP contribution in [0.2, 0.25) is 0 Å². The van der Waals surface area contributed by atoms with E-state index < -0.39 is 12.2 Å². The first-order valence-corrected chi connectivity index (χ1v) is 5.68. The number of Topliss-reactive ketones (excluding diaryl/α,β-unsaturated/α-hetero) is 1. The summed E-state index contributed by atoms with van der Waals surface area (Å²) < 4.78 is 0. The molecule has 0 saturated heterocycles. The predicted octanol–water partition coefficient (Wildman–Crippen LogP) is 0.893. The van der Waals surface area contributed by atoms with Crippen molar-refractivity contribution in [2.45, 2.75) is 25.6 Å². The predicted molar refractivity (Wildman–Crippen MR) is 66.0 cm³/mol. The Hall–Kier alpha value is -1.23. The van der Waals surface area contributed by atoms with Crippen molar-refractivity contribution < 1.29 is 15.0 Å². The van der Waals surface area contributed by atoms with Crippen molar-refractivity contribution >= 4 is 5.78 Å². The summed E-state index contributed by atoms with van der Waals surface area (Å²) >= 11 is 0. The van der Waals surface area contributed by atoms with Gasteiger partial charge in [-0.3, -0.25) is 4.79 Å². The van der Waals surface area contributed by atoms with Crippen LogP contribution >= 0.6 is 0 Å². The molecule has 0 aliphatic carbocycles. The van der Waals surface area contributed by atoms with E-state index in [4.69, 9.17) is 0 Å². The molecule has 2 atom stereocenters. The molecule has 4 heteroatoms. The third-order valence-corrected chi connectivity index (χ3v) is 2.69. The molecule has 0 fully saturated rings. The number of aliphatic hydroxyl groups is 2. The zero-order valence-electron chi connectivity index (χ0n) is 10.2. The lowest BCUT2D eigenvalue weighted by Crippen LogP contribution is -2.23. The average molecular weight is 237 g/mol. The van der Waals surface area contributed by atoms with E-state index in [0.717, 1.165) is 0 Å². The second-order valence-electron chi connectivity index (χ2n) is 4.09. The molecule has 0 radical (unpaired) electrons. The average Bonchev–Trinajstić information content (AvgIpc) is 2.35. The van der Waals surface area contributed by atoms with Gasteiger partial charge < -0.3 is 15.5 Å². The Bertz CT molecular complexity index is 379. The van der Waals surface area contributed by atoms with Gasteiger partial charge in [0.05, 0.1) is 6.10 Å². The summed E-state index contributed by atoms with van der Waals surface area (Å²) in [4.78, 5) is 11.2. The zero-order valence-corrected chi connectivity index (χ0v) is 10.2. The van der Waals surface area contributed by atoms with Crippen LogP contribution in [0.15, 0.2) is 24.3 Å². The Kier molecular flexibility index (Phi) is 5.28. The lowest BCUT2D eigenvalue weighted by Gasteiger charge is -2.18. The number of aliphatic hydroxyl groups excluding tert-OH is 2. The second-order valence-corrected chi connectivity index (χ2v) is 4.09. The maximum absolute atomic E-state index is 11.2. The Morgan fingerprint density at radius 2 is 2.12 bits per heavy atom. The van der Waals surface area contributed by atoms with Gasteiger partial charge in [-0.1, -0.05) is 18.2 Å². The van der Waals surface area contributed by atoms with Gasteiger partial charge in [-0.2, -0.15) is 0 Å². The van der Waals surface area contributed by atoms with Gasteiger partial charge in [-0.25, -0.2) is 0 Å². The van der Waals surface area contributed by atoms with E-state index in [2.05, 4.69) is 5.32 Å². The summed E-state index contributed by atoms with van der Waals surface area (Å²) in [6, 6.07) is 6.73. The maximum atomic E-state index is 11.2. The normalized spacial score (nSPS) is 14.4. The quantitative estimate of drug-likeness (QED) is 0.643. The minimum absolute atomic E-state index is 0.0521. The molecule has 0 aliphatic rings. The van der Waals surface area contributed by atoms with Gasteiger partial charge in [0.25, 0.3) is 0 Å². The van der Waals surface area contributed by atoms with Crippen LogP contribution in [0.1, 0.15) is 35.4 Å². The zero-order chi connectivity index (χ0) is 12.8. The van der Waals surface area contributed by atoms with Crippen molar-refractivity contribution in [3.05, 3.63) is 35.4 Å². The maximum Gasteiger partial charge on any atom is 0.159 e. The molecule has 0 heterocycles. The minimum Gasteiger partial charge on any atom is -0.390 e. The van der Waals surface area contributed by atoms with E-state index in [1.54, 1.807) is 31.3 Å². The van der Waals surface area contributed by atoms with Crippen molar-refractivity contribution in [3.8, 4) is 0 Å². The number of hydrogen-bond donors (Lipinski definition) is 3. The van der Waals surface area contributed by atoms with Gasteiger partial charge in [0.2, 0.25) is 0 Å². The van der Waals surface area contributed by atoms with Crippen LogP contribution in [-0.4, -0.2) is 35.7 Å². The van der Waals surface area contributed by atoms with E-state index in [1.165, 1.54) is 6.92 Å². The lowest BCUT2D eigenvalue weighted by molar-refractivity contribution is 0.0140. The van der Waals surface area contributed by atoms with Crippen LogP contribution in [0.5, 0.6) is 0 Å². The number of carbonyl (C=O) groups excluding carboxylic acids is 1. The molecule has 17 heavy (non-hydrogen) atoms. The molecule has 1 aromatic rings. The lowest BCUT2D eigenvalue weighted by atomic mass is 9.99. The third-order valence-electron chi connectivity index (χ3n) is 2.69. The van der Waals surface area contributed by atoms with Gasteiger partial charge in [0, 0.05) is 5.56 Å². The highest BCUT2D eigenvalue weighted by molar-refractivity contribution is 5.94. The van der Waals surface area contributed by atoms with Crippen molar-refractivity contribution in [2.75, 3.05) is 13.6 Å². The Balaban J connectivity index is 2.77. The molecule has 1 rings (SSSR count). The largest absolute Gasteiger partial charge is 0.390 e. The van der Waals surface area contributed by atoms with Crippen LogP contribution in [0.4, 0.5) is 0 Å². The van der Waals surface area contributed by atoms with Crippen molar-refractivity contribution in [1.82, 2.24) is 5.32 Å². The second kappa shape index (κ2) is 6.49. The molecular weight excluding hydrogens is 218 g/mol. The molecule has 0 spiro atoms. The summed E-state index contributed by atoms with van der Waals surface area (Å²) in [5, 5.41) is 22.6.